The minimum absolute atomic E-state index is 0.685. The van der Waals surface area contributed by atoms with Crippen molar-refractivity contribution in [3.05, 3.63) is 0 Å². The van der Waals surface area contributed by atoms with Gasteiger partial charge in [0, 0.05) is 18.6 Å². The molecule has 0 saturated heterocycles. The van der Waals surface area contributed by atoms with Gasteiger partial charge in [0.2, 0.25) is 0 Å². The molecule has 0 aromatic rings. The molecule has 1 fully saturated rings. The highest BCUT2D eigenvalue weighted by Crippen LogP contribution is 2.23. The zero-order valence-corrected chi connectivity index (χ0v) is 13.0. The number of hydrogen-bond donors (Lipinski definition) is 1. The maximum Gasteiger partial charge on any atom is 0.0195 e. The fourth-order valence-electron chi connectivity index (χ4n) is 3.16. The van der Waals surface area contributed by atoms with Gasteiger partial charge in [-0.2, -0.15) is 0 Å². The molecule has 0 radical (unpaired) electrons. The van der Waals surface area contributed by atoms with E-state index in [1.54, 1.807) is 0 Å². The van der Waals surface area contributed by atoms with Crippen LogP contribution in [0.2, 0.25) is 0 Å². The highest BCUT2D eigenvalue weighted by atomic mass is 15.2. The van der Waals surface area contributed by atoms with Gasteiger partial charge in [-0.15, -0.1) is 0 Å². The van der Waals surface area contributed by atoms with Gasteiger partial charge in [0.05, 0.1) is 0 Å². The summed E-state index contributed by atoms with van der Waals surface area (Å²) in [6.45, 7) is 12.8. The van der Waals surface area contributed by atoms with Gasteiger partial charge in [-0.1, -0.05) is 40.0 Å². The lowest BCUT2D eigenvalue weighted by Gasteiger charge is -2.38. The minimum atomic E-state index is 0.685. The Morgan fingerprint density at radius 2 is 1.78 bits per heavy atom. The Morgan fingerprint density at radius 1 is 1.11 bits per heavy atom. The number of nitrogens with one attached hydrogen (secondary N) is 1. The predicted molar refractivity (Wildman–Crippen MR) is 81.0 cm³/mol. The summed E-state index contributed by atoms with van der Waals surface area (Å²) in [6.07, 6.45) is 8.47. The van der Waals surface area contributed by atoms with Crippen LogP contribution in [-0.2, 0) is 0 Å². The van der Waals surface area contributed by atoms with Crippen LogP contribution in [0.4, 0.5) is 0 Å². The van der Waals surface area contributed by atoms with Crippen molar-refractivity contribution in [3.63, 3.8) is 0 Å². The summed E-state index contributed by atoms with van der Waals surface area (Å²) in [5, 5.41) is 3.63. The lowest BCUT2D eigenvalue weighted by atomic mass is 9.93. The molecule has 0 amide bonds. The summed E-state index contributed by atoms with van der Waals surface area (Å²) in [5.41, 5.74) is 0. The van der Waals surface area contributed by atoms with E-state index in [1.807, 2.05) is 0 Å². The van der Waals surface area contributed by atoms with Crippen LogP contribution in [0.25, 0.3) is 0 Å². The average molecular weight is 254 g/mol. The van der Waals surface area contributed by atoms with Gasteiger partial charge in [-0.25, -0.2) is 0 Å². The average Bonchev–Trinajstić information content (AvgIpc) is 2.36. The van der Waals surface area contributed by atoms with Gasteiger partial charge in [0.15, 0.2) is 0 Å². The molecule has 18 heavy (non-hydrogen) atoms. The minimum Gasteiger partial charge on any atom is -0.315 e. The van der Waals surface area contributed by atoms with Crippen molar-refractivity contribution in [1.82, 2.24) is 10.2 Å². The second-order valence-corrected chi connectivity index (χ2v) is 6.36. The molecule has 0 spiro atoms. The van der Waals surface area contributed by atoms with Crippen molar-refractivity contribution in [3.8, 4) is 0 Å². The summed E-state index contributed by atoms with van der Waals surface area (Å²) in [5.74, 6) is 0.813. The fourth-order valence-corrected chi connectivity index (χ4v) is 3.16. The van der Waals surface area contributed by atoms with Gasteiger partial charge in [-0.3, -0.25) is 4.90 Å². The van der Waals surface area contributed by atoms with Gasteiger partial charge in [0.1, 0.15) is 0 Å². The number of rotatable bonds is 8. The second-order valence-electron chi connectivity index (χ2n) is 6.36. The summed E-state index contributed by atoms with van der Waals surface area (Å²) in [6, 6.07) is 1.54. The van der Waals surface area contributed by atoms with Crippen LogP contribution in [0.3, 0.4) is 0 Å². The molecule has 1 aliphatic carbocycles. The first kappa shape index (κ1) is 16.0. The lowest BCUT2D eigenvalue weighted by Crippen LogP contribution is -2.47. The highest BCUT2D eigenvalue weighted by Gasteiger charge is 2.23. The monoisotopic (exact) mass is 254 g/mol. The Labute approximate surface area is 115 Å². The van der Waals surface area contributed by atoms with Crippen LogP contribution in [-0.4, -0.2) is 36.6 Å². The number of nitrogens with zero attached hydrogens (tertiary/aromatic N) is 1. The topological polar surface area (TPSA) is 15.3 Å². The molecule has 1 unspecified atom stereocenters. The zero-order chi connectivity index (χ0) is 13.4. The SMILES string of the molecule is CCN(C(C)CNCCC(C)C)C1CCCCC1. The van der Waals surface area contributed by atoms with Crippen LogP contribution in [0.5, 0.6) is 0 Å². The van der Waals surface area contributed by atoms with E-state index in [-0.39, 0.29) is 0 Å². The molecule has 0 heterocycles. The third kappa shape index (κ3) is 5.71. The first-order valence-electron chi connectivity index (χ1n) is 8.11. The van der Waals surface area contributed by atoms with Gasteiger partial charge < -0.3 is 5.32 Å². The predicted octanol–water partition coefficient (Wildman–Crippen LogP) is 3.67. The lowest BCUT2D eigenvalue weighted by molar-refractivity contribution is 0.118. The van der Waals surface area contributed by atoms with Crippen molar-refractivity contribution >= 4 is 0 Å². The molecule has 1 N–H and O–H groups in total. The van der Waals surface area contributed by atoms with Crippen molar-refractivity contribution in [2.45, 2.75) is 78.3 Å². The van der Waals surface area contributed by atoms with Gasteiger partial charge >= 0.3 is 0 Å². The van der Waals surface area contributed by atoms with Gasteiger partial charge in [0.25, 0.3) is 0 Å². The Balaban J connectivity index is 2.25. The first-order valence-corrected chi connectivity index (χ1v) is 8.11. The molecular weight excluding hydrogens is 220 g/mol. The third-order valence-electron chi connectivity index (χ3n) is 4.31. The summed E-state index contributed by atoms with van der Waals surface area (Å²) in [7, 11) is 0. The molecule has 1 saturated carbocycles. The van der Waals surface area contributed by atoms with Crippen molar-refractivity contribution in [1.29, 1.82) is 0 Å². The summed E-state index contributed by atoms with van der Waals surface area (Å²) >= 11 is 0. The standard InChI is InChI=1S/C16H34N2/c1-5-18(16-9-7-6-8-10-16)15(4)13-17-12-11-14(2)3/h14-17H,5-13H2,1-4H3. The Morgan fingerprint density at radius 3 is 2.33 bits per heavy atom. The molecule has 1 atom stereocenters. The first-order chi connectivity index (χ1) is 8.65. The van der Waals surface area contributed by atoms with Crippen molar-refractivity contribution < 1.29 is 0 Å². The largest absolute Gasteiger partial charge is 0.315 e. The maximum atomic E-state index is 3.63. The van der Waals surface area contributed by atoms with Crippen LogP contribution < -0.4 is 5.32 Å². The Kier molecular flexibility index (Phi) is 7.92. The van der Waals surface area contributed by atoms with E-state index < -0.39 is 0 Å². The van der Waals surface area contributed by atoms with E-state index in [0.717, 1.165) is 18.5 Å². The molecule has 1 rings (SSSR count). The molecule has 1 aliphatic rings. The van der Waals surface area contributed by atoms with E-state index in [1.165, 1.54) is 51.6 Å². The van der Waals surface area contributed by atoms with E-state index in [9.17, 15) is 0 Å². The van der Waals surface area contributed by atoms with Crippen LogP contribution in [0.1, 0.15) is 66.2 Å². The molecule has 0 aromatic heterocycles. The molecule has 108 valence electrons. The molecular formula is C16H34N2. The maximum absolute atomic E-state index is 3.63. The highest BCUT2D eigenvalue weighted by molar-refractivity contribution is 4.80. The van der Waals surface area contributed by atoms with E-state index in [0.29, 0.717) is 6.04 Å². The molecule has 0 aliphatic heterocycles. The second kappa shape index (κ2) is 8.92. The summed E-state index contributed by atoms with van der Waals surface area (Å²) in [4.78, 5) is 2.72. The molecule has 0 bridgehead atoms. The van der Waals surface area contributed by atoms with Crippen LogP contribution in [0.15, 0.2) is 0 Å². The van der Waals surface area contributed by atoms with E-state index >= 15 is 0 Å². The quantitative estimate of drug-likeness (QED) is 0.665. The Hall–Kier alpha value is -0.0800. The summed E-state index contributed by atoms with van der Waals surface area (Å²) < 4.78 is 0. The fraction of sp³-hybridized carbons (Fsp3) is 1.00. The zero-order valence-electron chi connectivity index (χ0n) is 13.0. The van der Waals surface area contributed by atoms with Crippen LogP contribution >= 0.6 is 0 Å². The third-order valence-corrected chi connectivity index (χ3v) is 4.31. The smallest absolute Gasteiger partial charge is 0.0195 e. The van der Waals surface area contributed by atoms with Crippen molar-refractivity contribution in [2.24, 2.45) is 5.92 Å². The molecule has 2 heteroatoms. The van der Waals surface area contributed by atoms with Crippen LogP contribution in [0, 0.1) is 5.92 Å². The normalized spacial score (nSPS) is 19.7. The number of likely N-dealkylation sites (N-methyl/N-ethyl adjacent to an activating group) is 1. The number of hydrogen-bond acceptors (Lipinski definition) is 2. The molecule has 0 aromatic carbocycles. The molecule has 2 nitrogen and oxygen atoms in total. The van der Waals surface area contributed by atoms with Gasteiger partial charge in [-0.05, 0) is 45.2 Å². The van der Waals surface area contributed by atoms with E-state index in [4.69, 9.17) is 0 Å². The Bertz CT molecular complexity index is 197. The van der Waals surface area contributed by atoms with E-state index in [2.05, 4.69) is 37.9 Å². The van der Waals surface area contributed by atoms with Crippen molar-refractivity contribution in [2.75, 3.05) is 19.6 Å².